The average Bonchev–Trinajstić information content (AvgIpc) is 2.66. The van der Waals surface area contributed by atoms with E-state index >= 15 is 0 Å². The molecule has 1 atom stereocenters. The number of aryl methyl sites for hydroxylation is 1. The first-order chi connectivity index (χ1) is 14.2. The molecule has 0 bridgehead atoms. The highest BCUT2D eigenvalue weighted by Crippen LogP contribution is 2.42. The summed E-state index contributed by atoms with van der Waals surface area (Å²) in [5, 5.41) is 0.360. The van der Waals surface area contributed by atoms with E-state index in [0.29, 0.717) is 16.1 Å². The molecule has 2 N–H and O–H groups in total. The van der Waals surface area contributed by atoms with Crippen molar-refractivity contribution in [2.45, 2.75) is 25.3 Å². The van der Waals surface area contributed by atoms with Crippen molar-refractivity contribution in [2.24, 2.45) is 0 Å². The van der Waals surface area contributed by atoms with Crippen LogP contribution in [0.4, 0.5) is 13.2 Å². The normalized spacial score (nSPS) is 16.1. The molecule has 1 unspecified atom stereocenters. The average molecular weight is 455 g/mol. The lowest BCUT2D eigenvalue weighted by atomic mass is 9.98. The zero-order valence-corrected chi connectivity index (χ0v) is 17.2. The summed E-state index contributed by atoms with van der Waals surface area (Å²) in [6, 6.07) is 3.02. The molecule has 1 aromatic carbocycles. The number of hydrogen-bond donors (Lipinski definition) is 2. The molecule has 168 valence electrons. The van der Waals surface area contributed by atoms with Gasteiger partial charge in [-0.15, -0.1) is 0 Å². The first-order valence-electron chi connectivity index (χ1n) is 8.58. The van der Waals surface area contributed by atoms with Gasteiger partial charge < -0.3 is 9.47 Å². The fourth-order valence-electron chi connectivity index (χ4n) is 2.68. The first-order valence-corrected chi connectivity index (χ1v) is 8.95. The van der Waals surface area contributed by atoms with Crippen LogP contribution >= 0.6 is 11.6 Å². The van der Waals surface area contributed by atoms with Crippen LogP contribution in [0.2, 0.25) is 5.02 Å². The molecule has 8 nitrogen and oxygen atoms in total. The van der Waals surface area contributed by atoms with Gasteiger partial charge in [0, 0.05) is 16.2 Å². The fourth-order valence-corrected chi connectivity index (χ4v) is 2.96. The SMILES string of the molecule is C=C(OC(CONOC)CONOC)C1=Cc2cc(Cl)cc(C)c2OC1C(F)(F)F. The van der Waals surface area contributed by atoms with E-state index in [1.807, 2.05) is 0 Å². The molecule has 1 aliphatic heterocycles. The van der Waals surface area contributed by atoms with Gasteiger partial charge in [0.05, 0.1) is 14.2 Å². The van der Waals surface area contributed by atoms with E-state index in [9.17, 15) is 13.2 Å². The minimum Gasteiger partial charge on any atom is -0.486 e. The molecular formula is C18H22ClF3N2O6. The molecule has 30 heavy (non-hydrogen) atoms. The number of hydrogen-bond acceptors (Lipinski definition) is 8. The first kappa shape index (κ1) is 24.4. The molecule has 0 radical (unpaired) electrons. The summed E-state index contributed by atoms with van der Waals surface area (Å²) in [6.45, 7) is 4.95. The van der Waals surface area contributed by atoms with Crippen LogP contribution in [0, 0.1) is 6.92 Å². The van der Waals surface area contributed by atoms with Gasteiger partial charge in [0.2, 0.25) is 6.10 Å². The van der Waals surface area contributed by atoms with E-state index < -0.39 is 18.4 Å². The minimum absolute atomic E-state index is 0.0927. The van der Waals surface area contributed by atoms with Crippen molar-refractivity contribution in [3.63, 3.8) is 0 Å². The summed E-state index contributed by atoms with van der Waals surface area (Å²) < 4.78 is 51.9. The summed E-state index contributed by atoms with van der Waals surface area (Å²) in [4.78, 5) is 19.0. The third-order valence-corrected chi connectivity index (χ3v) is 4.07. The molecule has 0 amide bonds. The largest absolute Gasteiger partial charge is 0.486 e. The molecule has 0 spiro atoms. The highest BCUT2D eigenvalue weighted by atomic mass is 35.5. The lowest BCUT2D eigenvalue weighted by molar-refractivity contribution is -0.201. The number of halogens is 4. The van der Waals surface area contributed by atoms with Crippen LogP contribution in [0.15, 0.2) is 30.0 Å². The van der Waals surface area contributed by atoms with Crippen molar-refractivity contribution in [2.75, 3.05) is 27.4 Å². The Hall–Kier alpha value is -1.86. The molecule has 0 aromatic heterocycles. The standard InChI is InChI=1S/C18H22ClF3N2O6/c1-10-5-13(19)6-12-7-15(17(18(20,21)22)30-16(10)12)11(2)29-14(8-27-23-25-3)9-28-24-26-4/h5-7,14,17,23-24H,2,8-9H2,1,3-4H3. The Morgan fingerprint density at radius 3 is 2.33 bits per heavy atom. The van der Waals surface area contributed by atoms with Crippen LogP contribution in [0.3, 0.4) is 0 Å². The van der Waals surface area contributed by atoms with E-state index in [-0.39, 0.29) is 30.3 Å². The second-order valence-corrected chi connectivity index (χ2v) is 6.58. The molecule has 0 saturated carbocycles. The highest BCUT2D eigenvalue weighted by Gasteiger charge is 2.47. The fraction of sp³-hybridized carbons (Fsp3) is 0.444. The monoisotopic (exact) mass is 454 g/mol. The maximum Gasteiger partial charge on any atom is 0.429 e. The number of benzene rings is 1. The third-order valence-electron chi connectivity index (χ3n) is 3.85. The van der Waals surface area contributed by atoms with Gasteiger partial charge in [-0.1, -0.05) is 29.5 Å². The van der Waals surface area contributed by atoms with E-state index in [1.165, 1.54) is 32.4 Å². The number of fused-ring (bicyclic) bond motifs is 1. The van der Waals surface area contributed by atoms with Crippen molar-refractivity contribution in [3.05, 3.63) is 46.2 Å². The van der Waals surface area contributed by atoms with E-state index in [0.717, 1.165) is 0 Å². The molecule has 2 rings (SSSR count). The van der Waals surface area contributed by atoms with Crippen molar-refractivity contribution >= 4 is 17.7 Å². The van der Waals surface area contributed by atoms with Crippen LogP contribution in [-0.4, -0.2) is 45.8 Å². The molecule has 0 saturated heterocycles. The van der Waals surface area contributed by atoms with E-state index in [4.69, 9.17) is 30.7 Å². The molecule has 0 fully saturated rings. The molecular weight excluding hydrogens is 433 g/mol. The van der Waals surface area contributed by atoms with Crippen LogP contribution in [-0.2, 0) is 24.1 Å². The van der Waals surface area contributed by atoms with Gasteiger partial charge >= 0.3 is 6.18 Å². The zero-order valence-electron chi connectivity index (χ0n) is 16.5. The minimum atomic E-state index is -4.71. The second kappa shape index (κ2) is 11.0. The Morgan fingerprint density at radius 1 is 1.20 bits per heavy atom. The third kappa shape index (κ3) is 6.57. The smallest absolute Gasteiger partial charge is 0.429 e. The lowest BCUT2D eigenvalue weighted by Gasteiger charge is -2.31. The number of alkyl halides is 3. The maximum absolute atomic E-state index is 13.7. The Balaban J connectivity index is 2.28. The number of ether oxygens (including phenoxy) is 2. The summed E-state index contributed by atoms with van der Waals surface area (Å²) >= 11 is 6.03. The van der Waals surface area contributed by atoms with Crippen molar-refractivity contribution in [3.8, 4) is 5.75 Å². The van der Waals surface area contributed by atoms with Gasteiger partial charge in [-0.05, 0) is 30.7 Å². The Morgan fingerprint density at radius 2 is 1.80 bits per heavy atom. The topological polar surface area (TPSA) is 79.4 Å². The Labute approximate surface area is 176 Å². The highest BCUT2D eigenvalue weighted by molar-refractivity contribution is 6.30. The van der Waals surface area contributed by atoms with Crippen LogP contribution < -0.4 is 16.0 Å². The van der Waals surface area contributed by atoms with Gasteiger partial charge in [0.1, 0.15) is 30.8 Å². The van der Waals surface area contributed by atoms with Crippen LogP contribution in [0.5, 0.6) is 5.75 Å². The predicted octanol–water partition coefficient (Wildman–Crippen LogP) is 3.42. The summed E-state index contributed by atoms with van der Waals surface area (Å²) in [5.41, 5.74) is 4.81. The second-order valence-electron chi connectivity index (χ2n) is 6.14. The van der Waals surface area contributed by atoms with Crippen molar-refractivity contribution in [1.29, 1.82) is 0 Å². The van der Waals surface area contributed by atoms with Crippen molar-refractivity contribution < 1.29 is 42.0 Å². The summed E-state index contributed by atoms with van der Waals surface area (Å²) in [7, 11) is 2.64. The summed E-state index contributed by atoms with van der Waals surface area (Å²) in [6.07, 6.45) is -6.56. The number of nitrogens with one attached hydrogen (secondary N) is 2. The molecule has 1 heterocycles. The molecule has 0 aliphatic carbocycles. The van der Waals surface area contributed by atoms with Crippen molar-refractivity contribution in [1.82, 2.24) is 11.3 Å². The van der Waals surface area contributed by atoms with Crippen LogP contribution in [0.1, 0.15) is 11.1 Å². The predicted molar refractivity (Wildman–Crippen MR) is 101 cm³/mol. The summed E-state index contributed by atoms with van der Waals surface area (Å²) in [5.74, 6) is -0.178. The lowest BCUT2D eigenvalue weighted by Crippen LogP contribution is -2.40. The van der Waals surface area contributed by atoms with E-state index in [2.05, 4.69) is 27.5 Å². The zero-order chi connectivity index (χ0) is 22.3. The van der Waals surface area contributed by atoms with Gasteiger partial charge in [0.25, 0.3) is 0 Å². The Kier molecular flexibility index (Phi) is 8.92. The van der Waals surface area contributed by atoms with Crippen LogP contribution in [0.25, 0.3) is 6.08 Å². The van der Waals surface area contributed by atoms with Gasteiger partial charge in [-0.25, -0.2) is 0 Å². The quantitative estimate of drug-likeness (QED) is 0.299. The maximum atomic E-state index is 13.7. The molecule has 1 aliphatic rings. The Bertz CT molecular complexity index is 765. The molecule has 12 heteroatoms. The number of rotatable bonds is 11. The van der Waals surface area contributed by atoms with E-state index in [1.54, 1.807) is 6.92 Å². The van der Waals surface area contributed by atoms with Gasteiger partial charge in [0.15, 0.2) is 0 Å². The molecule has 1 aromatic rings. The van der Waals surface area contributed by atoms with Gasteiger partial charge in [-0.2, -0.15) is 13.2 Å². The van der Waals surface area contributed by atoms with Gasteiger partial charge in [-0.3, -0.25) is 19.4 Å².